The van der Waals surface area contributed by atoms with Gasteiger partial charge in [-0.2, -0.15) is 0 Å². The van der Waals surface area contributed by atoms with E-state index in [2.05, 4.69) is 34.8 Å². The molecule has 2 nitrogen and oxygen atoms in total. The first-order valence-corrected chi connectivity index (χ1v) is 5.22. The fourth-order valence-corrected chi connectivity index (χ4v) is 1.24. The van der Waals surface area contributed by atoms with Crippen LogP contribution in [0.15, 0.2) is 22.8 Å². The summed E-state index contributed by atoms with van der Waals surface area (Å²) < 4.78 is 6.41. The van der Waals surface area contributed by atoms with Crippen molar-refractivity contribution >= 4 is 15.9 Å². The molecule has 0 radical (unpaired) electrons. The van der Waals surface area contributed by atoms with E-state index in [1.54, 1.807) is 6.20 Å². The average Bonchev–Trinajstić information content (AvgIpc) is 2.08. The van der Waals surface area contributed by atoms with Gasteiger partial charge in [0, 0.05) is 6.20 Å². The standard InChI is InChI=1S/C10H14BrNO/c1-8(2)5-7-13-10-9(11)4-3-6-12-10/h3-4,6,8H,5,7H2,1-2H3. The summed E-state index contributed by atoms with van der Waals surface area (Å²) in [5.41, 5.74) is 0. The molecule has 1 aromatic rings. The zero-order valence-corrected chi connectivity index (χ0v) is 9.54. The Morgan fingerprint density at radius 1 is 1.54 bits per heavy atom. The van der Waals surface area contributed by atoms with Gasteiger partial charge in [-0.05, 0) is 40.4 Å². The van der Waals surface area contributed by atoms with E-state index in [9.17, 15) is 0 Å². The van der Waals surface area contributed by atoms with Gasteiger partial charge in [-0.25, -0.2) is 4.98 Å². The van der Waals surface area contributed by atoms with Gasteiger partial charge in [0.25, 0.3) is 0 Å². The lowest BCUT2D eigenvalue weighted by atomic mass is 10.1. The van der Waals surface area contributed by atoms with Gasteiger partial charge in [-0.1, -0.05) is 13.8 Å². The number of ether oxygens (including phenoxy) is 1. The molecule has 0 N–H and O–H groups in total. The molecule has 13 heavy (non-hydrogen) atoms. The predicted octanol–water partition coefficient (Wildman–Crippen LogP) is 3.27. The molecule has 0 aliphatic rings. The Morgan fingerprint density at radius 2 is 2.31 bits per heavy atom. The van der Waals surface area contributed by atoms with E-state index in [1.165, 1.54) is 0 Å². The number of nitrogens with zero attached hydrogens (tertiary/aromatic N) is 1. The molecule has 0 aliphatic carbocycles. The smallest absolute Gasteiger partial charge is 0.227 e. The van der Waals surface area contributed by atoms with Crippen LogP contribution in [0.5, 0.6) is 5.88 Å². The fourth-order valence-electron chi connectivity index (χ4n) is 0.869. The Labute approximate surface area is 87.5 Å². The molecule has 0 aromatic carbocycles. The van der Waals surface area contributed by atoms with Crippen LogP contribution in [0.25, 0.3) is 0 Å². The van der Waals surface area contributed by atoms with E-state index in [0.717, 1.165) is 17.5 Å². The third-order valence-electron chi connectivity index (χ3n) is 1.66. The molecular weight excluding hydrogens is 230 g/mol. The van der Waals surface area contributed by atoms with Gasteiger partial charge in [0.1, 0.15) is 0 Å². The highest BCUT2D eigenvalue weighted by atomic mass is 79.9. The molecule has 0 spiro atoms. The second-order valence-electron chi connectivity index (χ2n) is 3.32. The summed E-state index contributed by atoms with van der Waals surface area (Å²) in [6, 6.07) is 3.80. The highest BCUT2D eigenvalue weighted by Crippen LogP contribution is 2.20. The lowest BCUT2D eigenvalue weighted by Gasteiger charge is -2.07. The monoisotopic (exact) mass is 243 g/mol. The third-order valence-corrected chi connectivity index (χ3v) is 2.26. The first-order chi connectivity index (χ1) is 6.20. The van der Waals surface area contributed by atoms with E-state index in [1.807, 2.05) is 12.1 Å². The summed E-state index contributed by atoms with van der Waals surface area (Å²) in [5.74, 6) is 1.35. The van der Waals surface area contributed by atoms with Gasteiger partial charge < -0.3 is 4.74 Å². The van der Waals surface area contributed by atoms with E-state index < -0.39 is 0 Å². The van der Waals surface area contributed by atoms with Crippen molar-refractivity contribution < 1.29 is 4.74 Å². The van der Waals surface area contributed by atoms with Gasteiger partial charge in [0.05, 0.1) is 11.1 Å². The largest absolute Gasteiger partial charge is 0.477 e. The summed E-state index contributed by atoms with van der Waals surface area (Å²) in [6.07, 6.45) is 2.79. The number of hydrogen-bond donors (Lipinski definition) is 0. The van der Waals surface area contributed by atoms with Gasteiger partial charge in [0.2, 0.25) is 5.88 Å². The zero-order valence-electron chi connectivity index (χ0n) is 7.96. The number of pyridine rings is 1. The quantitative estimate of drug-likeness (QED) is 0.810. The lowest BCUT2D eigenvalue weighted by Crippen LogP contribution is -2.02. The van der Waals surface area contributed by atoms with Crippen LogP contribution in [0.1, 0.15) is 20.3 Å². The summed E-state index contributed by atoms with van der Waals surface area (Å²) in [4.78, 5) is 4.11. The van der Waals surface area contributed by atoms with Crippen molar-refractivity contribution in [2.45, 2.75) is 20.3 Å². The molecule has 72 valence electrons. The molecule has 0 atom stereocenters. The minimum Gasteiger partial charge on any atom is -0.477 e. The molecule has 0 saturated heterocycles. The van der Waals surface area contributed by atoms with Gasteiger partial charge >= 0.3 is 0 Å². The van der Waals surface area contributed by atoms with Crippen LogP contribution >= 0.6 is 15.9 Å². The van der Waals surface area contributed by atoms with Crippen molar-refractivity contribution in [1.82, 2.24) is 4.98 Å². The minimum absolute atomic E-state index is 0.669. The van der Waals surface area contributed by atoms with Crippen LogP contribution < -0.4 is 4.74 Å². The summed E-state index contributed by atoms with van der Waals surface area (Å²) in [6.45, 7) is 5.08. The zero-order chi connectivity index (χ0) is 9.68. The Morgan fingerprint density at radius 3 is 2.92 bits per heavy atom. The number of rotatable bonds is 4. The molecule has 1 aromatic heterocycles. The minimum atomic E-state index is 0.669. The lowest BCUT2D eigenvalue weighted by molar-refractivity contribution is 0.277. The first-order valence-electron chi connectivity index (χ1n) is 4.43. The molecule has 0 amide bonds. The summed E-state index contributed by atoms with van der Waals surface area (Å²) in [7, 11) is 0. The second kappa shape index (κ2) is 5.22. The maximum absolute atomic E-state index is 5.49. The van der Waals surface area contributed by atoms with Gasteiger partial charge in [-0.15, -0.1) is 0 Å². The van der Waals surface area contributed by atoms with E-state index in [4.69, 9.17) is 4.74 Å². The Balaban J connectivity index is 2.41. The Bertz CT molecular complexity index is 263. The third kappa shape index (κ3) is 3.77. The highest BCUT2D eigenvalue weighted by Gasteiger charge is 2.01. The van der Waals surface area contributed by atoms with Crippen LogP contribution in [0.3, 0.4) is 0 Å². The van der Waals surface area contributed by atoms with Gasteiger partial charge in [-0.3, -0.25) is 0 Å². The van der Waals surface area contributed by atoms with Crippen molar-refractivity contribution in [3.05, 3.63) is 22.8 Å². The van der Waals surface area contributed by atoms with Crippen molar-refractivity contribution in [2.24, 2.45) is 5.92 Å². The van der Waals surface area contributed by atoms with Crippen LogP contribution in [0.2, 0.25) is 0 Å². The maximum Gasteiger partial charge on any atom is 0.227 e. The molecule has 0 bridgehead atoms. The molecule has 1 heterocycles. The van der Waals surface area contributed by atoms with Crippen molar-refractivity contribution in [2.75, 3.05) is 6.61 Å². The fraction of sp³-hybridized carbons (Fsp3) is 0.500. The molecule has 0 aliphatic heterocycles. The van der Waals surface area contributed by atoms with Crippen LogP contribution in [-0.2, 0) is 0 Å². The number of aromatic nitrogens is 1. The SMILES string of the molecule is CC(C)CCOc1ncccc1Br. The van der Waals surface area contributed by atoms with E-state index in [-0.39, 0.29) is 0 Å². The highest BCUT2D eigenvalue weighted by molar-refractivity contribution is 9.10. The predicted molar refractivity (Wildman–Crippen MR) is 56.9 cm³/mol. The number of halogens is 1. The topological polar surface area (TPSA) is 22.1 Å². The Hall–Kier alpha value is -0.570. The molecule has 0 saturated carbocycles. The van der Waals surface area contributed by atoms with Crippen LogP contribution in [0, 0.1) is 5.92 Å². The van der Waals surface area contributed by atoms with E-state index in [0.29, 0.717) is 11.8 Å². The summed E-state index contributed by atoms with van der Waals surface area (Å²) >= 11 is 3.38. The molecular formula is C10H14BrNO. The number of hydrogen-bond acceptors (Lipinski definition) is 2. The first kappa shape index (κ1) is 10.5. The molecule has 1 rings (SSSR count). The molecule has 0 unspecified atom stereocenters. The maximum atomic E-state index is 5.49. The van der Waals surface area contributed by atoms with E-state index >= 15 is 0 Å². The van der Waals surface area contributed by atoms with Crippen LogP contribution in [-0.4, -0.2) is 11.6 Å². The second-order valence-corrected chi connectivity index (χ2v) is 4.18. The molecule has 3 heteroatoms. The van der Waals surface area contributed by atoms with Crippen LogP contribution in [0.4, 0.5) is 0 Å². The molecule has 0 fully saturated rings. The average molecular weight is 244 g/mol. The van der Waals surface area contributed by atoms with Crippen molar-refractivity contribution in [3.8, 4) is 5.88 Å². The van der Waals surface area contributed by atoms with Crippen molar-refractivity contribution in [1.29, 1.82) is 0 Å². The summed E-state index contributed by atoms with van der Waals surface area (Å²) in [5, 5.41) is 0. The van der Waals surface area contributed by atoms with Crippen molar-refractivity contribution in [3.63, 3.8) is 0 Å². The van der Waals surface area contributed by atoms with Gasteiger partial charge in [0.15, 0.2) is 0 Å². The Kier molecular flexibility index (Phi) is 4.22. The normalized spacial score (nSPS) is 10.5.